The highest BCUT2D eigenvalue weighted by Gasteiger charge is 2.22. The first-order chi connectivity index (χ1) is 16.8. The van der Waals surface area contributed by atoms with Crippen molar-refractivity contribution in [2.45, 2.75) is 39.2 Å². The van der Waals surface area contributed by atoms with Crippen molar-refractivity contribution < 1.29 is 28.5 Å². The monoisotopic (exact) mass is 482 g/mol. The Kier molecular flexibility index (Phi) is 7.04. The molecular formula is C25H24F2N4O4. The van der Waals surface area contributed by atoms with E-state index >= 15 is 0 Å². The SMILES string of the molecule is Cc1nc2c(OCc3c(F)cccc3F)cccn2c1C(=O)NCc1cccnc1[C@@H](O)[C@@H](C)O. The number of amides is 1. The molecule has 0 fully saturated rings. The largest absolute Gasteiger partial charge is 0.485 e. The molecule has 0 radical (unpaired) electrons. The summed E-state index contributed by atoms with van der Waals surface area (Å²) in [5.41, 5.74) is 1.61. The van der Waals surface area contributed by atoms with Crippen molar-refractivity contribution in [2.24, 2.45) is 0 Å². The highest BCUT2D eigenvalue weighted by molar-refractivity contribution is 5.95. The number of benzene rings is 1. The number of aliphatic hydroxyl groups excluding tert-OH is 2. The molecule has 2 atom stereocenters. The summed E-state index contributed by atoms with van der Waals surface area (Å²) in [6.45, 7) is 2.82. The second kappa shape index (κ2) is 10.2. The van der Waals surface area contributed by atoms with E-state index in [1.165, 1.54) is 23.6 Å². The van der Waals surface area contributed by atoms with Crippen LogP contribution in [0.1, 0.15) is 46.0 Å². The molecule has 182 valence electrons. The van der Waals surface area contributed by atoms with Crippen molar-refractivity contribution in [2.75, 3.05) is 0 Å². The van der Waals surface area contributed by atoms with E-state index in [9.17, 15) is 23.8 Å². The highest BCUT2D eigenvalue weighted by Crippen LogP contribution is 2.24. The number of rotatable bonds is 8. The van der Waals surface area contributed by atoms with E-state index in [1.807, 2.05) is 0 Å². The van der Waals surface area contributed by atoms with E-state index in [4.69, 9.17) is 4.74 Å². The summed E-state index contributed by atoms with van der Waals surface area (Å²) in [7, 11) is 0. The minimum atomic E-state index is -1.19. The van der Waals surface area contributed by atoms with Gasteiger partial charge in [0.05, 0.1) is 23.1 Å². The van der Waals surface area contributed by atoms with Gasteiger partial charge in [0.15, 0.2) is 11.4 Å². The van der Waals surface area contributed by atoms with Crippen LogP contribution in [0.5, 0.6) is 5.75 Å². The highest BCUT2D eigenvalue weighted by atomic mass is 19.1. The predicted molar refractivity (Wildman–Crippen MR) is 123 cm³/mol. The van der Waals surface area contributed by atoms with Crippen molar-refractivity contribution in [3.63, 3.8) is 0 Å². The first-order valence-electron chi connectivity index (χ1n) is 10.9. The zero-order valence-electron chi connectivity index (χ0n) is 19.1. The number of ether oxygens (including phenoxy) is 1. The van der Waals surface area contributed by atoms with E-state index in [-0.39, 0.29) is 35.9 Å². The number of hydrogen-bond donors (Lipinski definition) is 3. The summed E-state index contributed by atoms with van der Waals surface area (Å²) >= 11 is 0. The second-order valence-electron chi connectivity index (χ2n) is 8.02. The van der Waals surface area contributed by atoms with Gasteiger partial charge in [-0.3, -0.25) is 14.2 Å². The maximum Gasteiger partial charge on any atom is 0.270 e. The molecule has 3 N–H and O–H groups in total. The van der Waals surface area contributed by atoms with Gasteiger partial charge < -0.3 is 20.3 Å². The van der Waals surface area contributed by atoms with Crippen LogP contribution in [0.15, 0.2) is 54.9 Å². The molecule has 0 spiro atoms. The van der Waals surface area contributed by atoms with E-state index in [2.05, 4.69) is 15.3 Å². The van der Waals surface area contributed by atoms with Crippen molar-refractivity contribution in [3.05, 3.63) is 94.7 Å². The summed E-state index contributed by atoms with van der Waals surface area (Å²) in [4.78, 5) is 21.6. The molecule has 1 aromatic carbocycles. The Morgan fingerprint density at radius 3 is 2.60 bits per heavy atom. The van der Waals surface area contributed by atoms with Crippen molar-refractivity contribution in [3.8, 4) is 5.75 Å². The van der Waals surface area contributed by atoms with Gasteiger partial charge >= 0.3 is 0 Å². The molecule has 0 aliphatic heterocycles. The Morgan fingerprint density at radius 2 is 1.89 bits per heavy atom. The molecule has 0 saturated heterocycles. The van der Waals surface area contributed by atoms with Gasteiger partial charge in [-0.1, -0.05) is 12.1 Å². The Balaban J connectivity index is 1.56. The lowest BCUT2D eigenvalue weighted by molar-refractivity contribution is 0.0272. The second-order valence-corrected chi connectivity index (χ2v) is 8.02. The Labute approximate surface area is 199 Å². The van der Waals surface area contributed by atoms with Gasteiger partial charge in [-0.2, -0.15) is 0 Å². The van der Waals surface area contributed by atoms with Gasteiger partial charge in [-0.15, -0.1) is 0 Å². The van der Waals surface area contributed by atoms with E-state index in [0.717, 1.165) is 12.1 Å². The van der Waals surface area contributed by atoms with Gasteiger partial charge in [-0.05, 0) is 49.7 Å². The van der Waals surface area contributed by atoms with Crippen molar-refractivity contribution in [1.82, 2.24) is 19.7 Å². The van der Waals surface area contributed by atoms with Crippen LogP contribution in [0.4, 0.5) is 8.78 Å². The maximum absolute atomic E-state index is 14.0. The number of fused-ring (bicyclic) bond motifs is 1. The van der Waals surface area contributed by atoms with Crippen molar-refractivity contribution in [1.29, 1.82) is 0 Å². The first-order valence-corrected chi connectivity index (χ1v) is 10.9. The zero-order chi connectivity index (χ0) is 25.1. The van der Waals surface area contributed by atoms with Gasteiger partial charge in [-0.25, -0.2) is 13.8 Å². The van der Waals surface area contributed by atoms with Crippen LogP contribution in [-0.4, -0.2) is 36.6 Å². The van der Waals surface area contributed by atoms with Gasteiger partial charge in [0, 0.05) is 18.9 Å². The zero-order valence-corrected chi connectivity index (χ0v) is 19.1. The Bertz CT molecular complexity index is 1350. The van der Waals surface area contributed by atoms with Gasteiger partial charge in [0.2, 0.25) is 0 Å². The van der Waals surface area contributed by atoms with Crippen LogP contribution >= 0.6 is 0 Å². The average Bonchev–Trinajstić information content (AvgIpc) is 3.18. The number of imidazole rings is 1. The molecule has 0 bridgehead atoms. The fraction of sp³-hybridized carbons (Fsp3) is 0.240. The first kappa shape index (κ1) is 24.2. The third kappa shape index (κ3) is 4.98. The lowest BCUT2D eigenvalue weighted by Gasteiger charge is -2.17. The number of aliphatic hydroxyl groups is 2. The molecule has 0 saturated carbocycles. The Morgan fingerprint density at radius 1 is 1.14 bits per heavy atom. The molecule has 0 aliphatic rings. The molecular weight excluding hydrogens is 458 g/mol. The molecule has 3 aromatic heterocycles. The molecule has 3 heterocycles. The normalized spacial score (nSPS) is 13.0. The number of nitrogens with zero attached hydrogens (tertiary/aromatic N) is 3. The number of nitrogens with one attached hydrogen (secondary N) is 1. The standard InChI is InChI=1S/C25H24F2N4O4/c1-14-22(25(34)29-12-16-6-4-10-28-21(16)23(33)15(2)32)31-11-5-9-20(24(31)30-14)35-13-17-18(26)7-3-8-19(17)27/h3-11,15,23,32-33H,12-13H2,1-2H3,(H,29,34)/t15-,23+/m1/s1. The topological polar surface area (TPSA) is 109 Å². The third-order valence-corrected chi connectivity index (χ3v) is 5.54. The number of carbonyl (C=O) groups excluding carboxylic acids is 1. The van der Waals surface area contributed by atoms with Crippen LogP contribution in [0.2, 0.25) is 0 Å². The summed E-state index contributed by atoms with van der Waals surface area (Å²) in [6.07, 6.45) is 0.902. The fourth-order valence-corrected chi connectivity index (χ4v) is 3.72. The fourth-order valence-electron chi connectivity index (χ4n) is 3.72. The smallest absolute Gasteiger partial charge is 0.270 e. The molecule has 1 amide bonds. The van der Waals surface area contributed by atoms with Crippen LogP contribution in [-0.2, 0) is 13.2 Å². The van der Waals surface area contributed by atoms with Crippen LogP contribution in [0.3, 0.4) is 0 Å². The number of carbonyl (C=O) groups is 1. The van der Waals surface area contributed by atoms with Crippen LogP contribution in [0, 0.1) is 18.6 Å². The number of hydrogen-bond acceptors (Lipinski definition) is 6. The van der Waals surface area contributed by atoms with E-state index in [0.29, 0.717) is 16.9 Å². The van der Waals surface area contributed by atoms with Gasteiger partial charge in [0.25, 0.3) is 5.91 Å². The quantitative estimate of drug-likeness (QED) is 0.356. The average molecular weight is 482 g/mol. The minimum Gasteiger partial charge on any atom is -0.485 e. The molecule has 0 aliphatic carbocycles. The number of aromatic nitrogens is 3. The molecule has 35 heavy (non-hydrogen) atoms. The van der Waals surface area contributed by atoms with Crippen LogP contribution < -0.4 is 10.1 Å². The minimum absolute atomic E-state index is 0.0568. The lowest BCUT2D eigenvalue weighted by Crippen LogP contribution is -2.27. The number of halogens is 2. The third-order valence-electron chi connectivity index (χ3n) is 5.54. The summed E-state index contributed by atoms with van der Waals surface area (Å²) in [5.74, 6) is -1.61. The van der Waals surface area contributed by atoms with E-state index < -0.39 is 29.7 Å². The van der Waals surface area contributed by atoms with Crippen molar-refractivity contribution >= 4 is 11.6 Å². The predicted octanol–water partition coefficient (Wildman–Crippen LogP) is 3.24. The molecule has 4 aromatic rings. The van der Waals surface area contributed by atoms with Gasteiger partial charge in [0.1, 0.15) is 30.0 Å². The lowest BCUT2D eigenvalue weighted by atomic mass is 10.1. The van der Waals surface area contributed by atoms with E-state index in [1.54, 1.807) is 37.4 Å². The van der Waals surface area contributed by atoms with Crippen LogP contribution in [0.25, 0.3) is 5.65 Å². The molecule has 8 nitrogen and oxygen atoms in total. The molecule has 0 unspecified atom stereocenters. The molecule has 10 heteroatoms. The number of aryl methyl sites for hydroxylation is 1. The maximum atomic E-state index is 14.0. The summed E-state index contributed by atoms with van der Waals surface area (Å²) in [5, 5.41) is 22.7. The summed E-state index contributed by atoms with van der Waals surface area (Å²) in [6, 6.07) is 10.2. The molecule has 4 rings (SSSR count). The number of pyridine rings is 2. The summed E-state index contributed by atoms with van der Waals surface area (Å²) < 4.78 is 35.1. The Hall–Kier alpha value is -3.89.